The number of pyridine rings is 1. The summed E-state index contributed by atoms with van der Waals surface area (Å²) in [6, 6.07) is 7.94. The lowest BCUT2D eigenvalue weighted by Crippen LogP contribution is -2.12. The van der Waals surface area contributed by atoms with Crippen LogP contribution in [0.2, 0.25) is 0 Å². The zero-order chi connectivity index (χ0) is 13.7. The van der Waals surface area contributed by atoms with E-state index < -0.39 is 0 Å². The molecule has 1 aromatic heterocycles. The monoisotopic (exact) mass is 260 g/mol. The van der Waals surface area contributed by atoms with Gasteiger partial charge in [-0.15, -0.1) is 0 Å². The van der Waals surface area contributed by atoms with Gasteiger partial charge in [0.25, 0.3) is 0 Å². The molecule has 1 heterocycles. The summed E-state index contributed by atoms with van der Waals surface area (Å²) in [5.41, 5.74) is 2.07. The van der Waals surface area contributed by atoms with Crippen LogP contribution >= 0.6 is 0 Å². The number of nitrogens with zero attached hydrogens (tertiary/aromatic N) is 1. The van der Waals surface area contributed by atoms with E-state index in [1.807, 2.05) is 13.0 Å². The van der Waals surface area contributed by atoms with Gasteiger partial charge in [0.1, 0.15) is 11.6 Å². The van der Waals surface area contributed by atoms with E-state index >= 15 is 0 Å². The fraction of sp³-hybridized carbons (Fsp3) is 0.267. The molecule has 0 bridgehead atoms. The van der Waals surface area contributed by atoms with Gasteiger partial charge in [-0.1, -0.05) is 6.92 Å². The molecule has 0 radical (unpaired) electrons. The van der Waals surface area contributed by atoms with E-state index in [0.717, 1.165) is 24.2 Å². The molecule has 0 saturated carbocycles. The van der Waals surface area contributed by atoms with Crippen molar-refractivity contribution in [3.63, 3.8) is 0 Å². The Kier molecular flexibility index (Phi) is 4.47. The van der Waals surface area contributed by atoms with E-state index in [4.69, 9.17) is 4.74 Å². The van der Waals surface area contributed by atoms with Crippen molar-refractivity contribution in [3.05, 3.63) is 53.5 Å². The molecule has 1 N–H and O–H groups in total. The normalized spacial score (nSPS) is 10.5. The minimum Gasteiger partial charge on any atom is -0.439 e. The summed E-state index contributed by atoms with van der Waals surface area (Å²) in [4.78, 5) is 4.29. The van der Waals surface area contributed by atoms with E-state index in [2.05, 4.69) is 17.2 Å². The van der Waals surface area contributed by atoms with Gasteiger partial charge in [0.2, 0.25) is 5.88 Å². The Balaban J connectivity index is 2.10. The SMILES string of the molecule is CCNCc1cnc(Oc2ccc(F)cc2)c(C)c1. The summed E-state index contributed by atoms with van der Waals surface area (Å²) in [6.07, 6.45) is 1.79. The van der Waals surface area contributed by atoms with Crippen molar-refractivity contribution in [1.29, 1.82) is 0 Å². The average molecular weight is 260 g/mol. The summed E-state index contributed by atoms with van der Waals surface area (Å²) in [6.45, 7) is 5.72. The van der Waals surface area contributed by atoms with Gasteiger partial charge in [0, 0.05) is 18.3 Å². The molecule has 0 aliphatic heterocycles. The third kappa shape index (κ3) is 3.76. The molecule has 2 aromatic rings. The first-order valence-corrected chi connectivity index (χ1v) is 6.28. The molecule has 0 unspecified atom stereocenters. The molecule has 4 heteroatoms. The summed E-state index contributed by atoms with van der Waals surface area (Å²) >= 11 is 0. The zero-order valence-electron chi connectivity index (χ0n) is 11.1. The summed E-state index contributed by atoms with van der Waals surface area (Å²) in [5.74, 6) is 0.848. The maximum atomic E-state index is 12.8. The van der Waals surface area contributed by atoms with E-state index in [1.54, 1.807) is 18.3 Å². The van der Waals surface area contributed by atoms with Crippen LogP contribution in [0.1, 0.15) is 18.1 Å². The van der Waals surface area contributed by atoms with Crippen LogP contribution in [0.15, 0.2) is 36.5 Å². The van der Waals surface area contributed by atoms with Crippen LogP contribution in [0.25, 0.3) is 0 Å². The third-order valence-electron chi connectivity index (χ3n) is 2.69. The highest BCUT2D eigenvalue weighted by atomic mass is 19.1. The molecule has 0 atom stereocenters. The minimum atomic E-state index is -0.280. The molecular weight excluding hydrogens is 243 g/mol. The maximum absolute atomic E-state index is 12.8. The van der Waals surface area contributed by atoms with Gasteiger partial charge < -0.3 is 10.1 Å². The van der Waals surface area contributed by atoms with Gasteiger partial charge >= 0.3 is 0 Å². The highest BCUT2D eigenvalue weighted by molar-refractivity contribution is 5.33. The fourth-order valence-corrected chi connectivity index (χ4v) is 1.71. The molecule has 19 heavy (non-hydrogen) atoms. The van der Waals surface area contributed by atoms with Crippen LogP contribution in [0.4, 0.5) is 4.39 Å². The van der Waals surface area contributed by atoms with E-state index in [1.165, 1.54) is 12.1 Å². The molecule has 2 rings (SSSR count). The number of hydrogen-bond donors (Lipinski definition) is 1. The van der Waals surface area contributed by atoms with Crippen molar-refractivity contribution in [2.75, 3.05) is 6.54 Å². The highest BCUT2D eigenvalue weighted by Crippen LogP contribution is 2.23. The molecule has 1 aromatic carbocycles. The molecule has 0 spiro atoms. The smallest absolute Gasteiger partial charge is 0.222 e. The number of aromatic nitrogens is 1. The number of halogens is 1. The molecule has 0 fully saturated rings. The molecule has 0 aliphatic carbocycles. The minimum absolute atomic E-state index is 0.280. The number of ether oxygens (including phenoxy) is 1. The van der Waals surface area contributed by atoms with Crippen molar-refractivity contribution < 1.29 is 9.13 Å². The molecular formula is C15H17FN2O. The lowest BCUT2D eigenvalue weighted by Gasteiger charge is -2.09. The Hall–Kier alpha value is -1.94. The number of aryl methyl sites for hydroxylation is 1. The quantitative estimate of drug-likeness (QED) is 0.894. The first kappa shape index (κ1) is 13.5. The summed E-state index contributed by atoms with van der Waals surface area (Å²) in [5, 5.41) is 3.24. The average Bonchev–Trinajstić information content (AvgIpc) is 2.41. The van der Waals surface area contributed by atoms with Gasteiger partial charge in [0.05, 0.1) is 0 Å². The van der Waals surface area contributed by atoms with Gasteiger partial charge in [-0.25, -0.2) is 9.37 Å². The van der Waals surface area contributed by atoms with E-state index in [-0.39, 0.29) is 5.82 Å². The maximum Gasteiger partial charge on any atom is 0.222 e. The Labute approximate surface area is 112 Å². The zero-order valence-corrected chi connectivity index (χ0v) is 11.1. The Morgan fingerprint density at radius 1 is 1.26 bits per heavy atom. The van der Waals surface area contributed by atoms with Crippen LogP contribution < -0.4 is 10.1 Å². The second kappa shape index (κ2) is 6.29. The molecule has 0 amide bonds. The van der Waals surface area contributed by atoms with Crippen LogP contribution in [-0.4, -0.2) is 11.5 Å². The molecule has 100 valence electrons. The molecule has 3 nitrogen and oxygen atoms in total. The third-order valence-corrected chi connectivity index (χ3v) is 2.69. The van der Waals surface area contributed by atoms with Crippen molar-refractivity contribution in [2.24, 2.45) is 0 Å². The van der Waals surface area contributed by atoms with Crippen molar-refractivity contribution >= 4 is 0 Å². The van der Waals surface area contributed by atoms with Crippen LogP contribution in [0, 0.1) is 12.7 Å². The topological polar surface area (TPSA) is 34.2 Å². The van der Waals surface area contributed by atoms with Gasteiger partial charge in [0.15, 0.2) is 0 Å². The second-order valence-corrected chi connectivity index (χ2v) is 4.30. The van der Waals surface area contributed by atoms with Crippen molar-refractivity contribution in [3.8, 4) is 11.6 Å². The van der Waals surface area contributed by atoms with Crippen LogP contribution in [-0.2, 0) is 6.54 Å². The largest absolute Gasteiger partial charge is 0.439 e. The number of hydrogen-bond acceptors (Lipinski definition) is 3. The van der Waals surface area contributed by atoms with Crippen LogP contribution in [0.3, 0.4) is 0 Å². The number of benzene rings is 1. The van der Waals surface area contributed by atoms with Gasteiger partial charge in [-0.2, -0.15) is 0 Å². The predicted molar refractivity (Wildman–Crippen MR) is 72.8 cm³/mol. The Morgan fingerprint density at radius 3 is 2.63 bits per heavy atom. The standard InChI is InChI=1S/C15H17FN2O/c1-3-17-9-12-8-11(2)15(18-10-12)19-14-6-4-13(16)5-7-14/h4-8,10,17H,3,9H2,1-2H3. The Bertz CT molecular complexity index is 540. The van der Waals surface area contributed by atoms with Gasteiger partial charge in [-0.3, -0.25) is 0 Å². The first-order chi connectivity index (χ1) is 9.19. The summed E-state index contributed by atoms with van der Waals surface area (Å²) < 4.78 is 18.4. The Morgan fingerprint density at radius 2 is 2.00 bits per heavy atom. The van der Waals surface area contributed by atoms with Crippen molar-refractivity contribution in [2.45, 2.75) is 20.4 Å². The van der Waals surface area contributed by atoms with Crippen molar-refractivity contribution in [1.82, 2.24) is 10.3 Å². The summed E-state index contributed by atoms with van der Waals surface area (Å²) in [7, 11) is 0. The van der Waals surface area contributed by atoms with E-state index in [9.17, 15) is 4.39 Å². The molecule has 0 saturated heterocycles. The van der Waals surface area contributed by atoms with Gasteiger partial charge in [-0.05, 0) is 49.4 Å². The van der Waals surface area contributed by atoms with E-state index in [0.29, 0.717) is 11.6 Å². The first-order valence-electron chi connectivity index (χ1n) is 6.28. The lowest BCUT2D eigenvalue weighted by atomic mass is 10.2. The predicted octanol–water partition coefficient (Wildman–Crippen LogP) is 3.43. The lowest BCUT2D eigenvalue weighted by molar-refractivity contribution is 0.456. The number of rotatable bonds is 5. The fourth-order valence-electron chi connectivity index (χ4n) is 1.71. The molecule has 0 aliphatic rings. The van der Waals surface area contributed by atoms with Crippen LogP contribution in [0.5, 0.6) is 11.6 Å². The highest BCUT2D eigenvalue weighted by Gasteiger charge is 2.04. The number of nitrogens with one attached hydrogen (secondary N) is 1. The second-order valence-electron chi connectivity index (χ2n) is 4.30.